The summed E-state index contributed by atoms with van der Waals surface area (Å²) < 4.78 is 9.79. The summed E-state index contributed by atoms with van der Waals surface area (Å²) in [4.78, 5) is 38.6. The van der Waals surface area contributed by atoms with Gasteiger partial charge in [0.25, 0.3) is 5.69 Å². The lowest BCUT2D eigenvalue weighted by Gasteiger charge is -2.34. The van der Waals surface area contributed by atoms with Crippen molar-refractivity contribution in [2.75, 3.05) is 24.5 Å². The molecule has 0 spiro atoms. The standard InChI is InChI=1S/C19H25N5O6/c1-19(2,3)29-17(25)20-10-12-5-4-8-23(11-12)15-9-13(6-7-14(15)24(27)28)16-21-18(26)30-22-16/h6-7,9,12H,4-5,8,10-11H2,1-3H3,(H,20,25)(H,21,22,26). The highest BCUT2D eigenvalue weighted by molar-refractivity contribution is 5.72. The topological polar surface area (TPSA) is 144 Å². The average Bonchev–Trinajstić information content (AvgIpc) is 3.11. The zero-order valence-corrected chi connectivity index (χ0v) is 17.1. The van der Waals surface area contributed by atoms with E-state index < -0.39 is 22.4 Å². The first-order valence-electron chi connectivity index (χ1n) is 9.69. The Labute approximate surface area is 172 Å². The summed E-state index contributed by atoms with van der Waals surface area (Å²) in [5.41, 5.74) is 0.329. The molecule has 0 saturated carbocycles. The number of hydrogen-bond donors (Lipinski definition) is 2. The van der Waals surface area contributed by atoms with Crippen LogP contribution in [0, 0.1) is 16.0 Å². The number of benzene rings is 1. The van der Waals surface area contributed by atoms with Gasteiger partial charge in [-0.2, -0.15) is 0 Å². The lowest BCUT2D eigenvalue weighted by Crippen LogP contribution is -2.42. The first-order valence-corrected chi connectivity index (χ1v) is 9.69. The number of nitrogens with one attached hydrogen (secondary N) is 2. The third-order valence-electron chi connectivity index (χ3n) is 4.68. The van der Waals surface area contributed by atoms with Crippen molar-refractivity contribution in [3.63, 3.8) is 0 Å². The first-order chi connectivity index (χ1) is 14.1. The van der Waals surface area contributed by atoms with Gasteiger partial charge in [-0.05, 0) is 51.7 Å². The molecule has 3 rings (SSSR count). The fourth-order valence-corrected chi connectivity index (χ4v) is 3.43. The Hall–Kier alpha value is -3.37. The number of nitro benzene ring substituents is 1. The number of aromatic amines is 1. The molecular weight excluding hydrogens is 394 g/mol. The van der Waals surface area contributed by atoms with Crippen LogP contribution in [-0.4, -0.2) is 46.4 Å². The average molecular weight is 419 g/mol. The summed E-state index contributed by atoms with van der Waals surface area (Å²) in [6.45, 7) is 6.98. The molecular formula is C19H25N5O6. The number of ether oxygens (including phenoxy) is 1. The van der Waals surface area contributed by atoms with E-state index in [1.807, 2.05) is 4.90 Å². The highest BCUT2D eigenvalue weighted by atomic mass is 16.6. The largest absolute Gasteiger partial charge is 0.444 e. The maximum atomic E-state index is 11.9. The van der Waals surface area contributed by atoms with Crippen molar-refractivity contribution in [1.29, 1.82) is 0 Å². The predicted molar refractivity (Wildman–Crippen MR) is 108 cm³/mol. The van der Waals surface area contributed by atoms with Crippen LogP contribution in [0.25, 0.3) is 11.4 Å². The van der Waals surface area contributed by atoms with Crippen LogP contribution in [0.15, 0.2) is 27.5 Å². The highest BCUT2D eigenvalue weighted by Gasteiger charge is 2.27. The zero-order valence-electron chi connectivity index (χ0n) is 17.1. The van der Waals surface area contributed by atoms with Gasteiger partial charge in [-0.3, -0.25) is 19.6 Å². The van der Waals surface area contributed by atoms with Crippen LogP contribution in [0.3, 0.4) is 0 Å². The number of hydrogen-bond acceptors (Lipinski definition) is 8. The van der Waals surface area contributed by atoms with Crippen molar-refractivity contribution in [2.45, 2.75) is 39.2 Å². The Bertz CT molecular complexity index is 976. The van der Waals surface area contributed by atoms with Gasteiger partial charge in [0, 0.05) is 31.3 Å². The molecule has 1 aliphatic rings. The third-order valence-corrected chi connectivity index (χ3v) is 4.68. The second-order valence-electron chi connectivity index (χ2n) is 8.24. The van der Waals surface area contributed by atoms with Gasteiger partial charge in [-0.15, -0.1) is 0 Å². The number of rotatable bonds is 5. The number of nitro groups is 1. The quantitative estimate of drug-likeness (QED) is 0.556. The fraction of sp³-hybridized carbons (Fsp3) is 0.526. The molecule has 11 nitrogen and oxygen atoms in total. The second-order valence-corrected chi connectivity index (χ2v) is 8.24. The maximum absolute atomic E-state index is 11.9. The molecule has 1 aliphatic heterocycles. The molecule has 0 radical (unpaired) electrons. The van der Waals surface area contributed by atoms with Gasteiger partial charge in [0.15, 0.2) is 5.82 Å². The van der Waals surface area contributed by atoms with Gasteiger partial charge < -0.3 is 15.0 Å². The van der Waals surface area contributed by atoms with E-state index in [2.05, 4.69) is 20.0 Å². The van der Waals surface area contributed by atoms with E-state index >= 15 is 0 Å². The van der Waals surface area contributed by atoms with E-state index in [0.717, 1.165) is 12.8 Å². The van der Waals surface area contributed by atoms with Crippen LogP contribution < -0.4 is 16.0 Å². The minimum absolute atomic E-state index is 0.0367. The van der Waals surface area contributed by atoms with E-state index in [1.165, 1.54) is 12.1 Å². The number of carbonyl (C=O) groups is 1. The summed E-state index contributed by atoms with van der Waals surface area (Å²) >= 11 is 0. The number of nitrogens with zero attached hydrogens (tertiary/aromatic N) is 3. The molecule has 0 bridgehead atoms. The van der Waals surface area contributed by atoms with E-state index in [-0.39, 0.29) is 17.4 Å². The molecule has 1 unspecified atom stereocenters. The fourth-order valence-electron chi connectivity index (χ4n) is 3.43. The molecule has 0 aliphatic carbocycles. The van der Waals surface area contributed by atoms with E-state index in [0.29, 0.717) is 30.9 Å². The van der Waals surface area contributed by atoms with Crippen LogP contribution in [-0.2, 0) is 4.74 Å². The predicted octanol–water partition coefficient (Wildman–Crippen LogP) is 2.68. The van der Waals surface area contributed by atoms with Crippen LogP contribution in [0.1, 0.15) is 33.6 Å². The molecule has 1 aromatic carbocycles. The molecule has 1 aromatic heterocycles. The number of alkyl carbamates (subject to hydrolysis) is 1. The molecule has 1 fully saturated rings. The van der Waals surface area contributed by atoms with Crippen molar-refractivity contribution in [3.8, 4) is 11.4 Å². The van der Waals surface area contributed by atoms with Crippen molar-refractivity contribution in [2.24, 2.45) is 5.92 Å². The molecule has 2 aromatic rings. The lowest BCUT2D eigenvalue weighted by molar-refractivity contribution is -0.384. The second kappa shape index (κ2) is 8.56. The summed E-state index contributed by atoms with van der Waals surface area (Å²) in [7, 11) is 0. The Balaban J connectivity index is 1.76. The SMILES string of the molecule is CC(C)(C)OC(=O)NCC1CCCN(c2cc(-c3noc(=O)[nH]3)ccc2[N+](=O)[O-])C1. The number of piperidine rings is 1. The maximum Gasteiger partial charge on any atom is 0.439 e. The first kappa shape index (κ1) is 21.3. The van der Waals surface area contributed by atoms with Gasteiger partial charge in [0.1, 0.15) is 11.3 Å². The van der Waals surface area contributed by atoms with E-state index in [9.17, 15) is 19.7 Å². The van der Waals surface area contributed by atoms with Crippen LogP contribution in [0.5, 0.6) is 0 Å². The molecule has 30 heavy (non-hydrogen) atoms. The number of carbonyl (C=O) groups excluding carboxylic acids is 1. The minimum atomic E-state index is -0.698. The van der Waals surface area contributed by atoms with Gasteiger partial charge in [-0.25, -0.2) is 9.59 Å². The molecule has 1 atom stereocenters. The van der Waals surface area contributed by atoms with Crippen molar-refractivity contribution in [3.05, 3.63) is 38.9 Å². The monoisotopic (exact) mass is 419 g/mol. The smallest absolute Gasteiger partial charge is 0.439 e. The number of aromatic nitrogens is 2. The molecule has 1 amide bonds. The van der Waals surface area contributed by atoms with Gasteiger partial charge in [0.05, 0.1) is 4.92 Å². The van der Waals surface area contributed by atoms with Gasteiger partial charge >= 0.3 is 11.8 Å². The summed E-state index contributed by atoms with van der Waals surface area (Å²) in [6.07, 6.45) is 1.22. The Morgan fingerprint density at radius 3 is 2.87 bits per heavy atom. The lowest BCUT2D eigenvalue weighted by atomic mass is 9.97. The third kappa shape index (κ3) is 5.37. The summed E-state index contributed by atoms with van der Waals surface area (Å²) in [6, 6.07) is 4.52. The zero-order chi connectivity index (χ0) is 21.9. The Morgan fingerprint density at radius 2 is 2.23 bits per heavy atom. The molecule has 2 N–H and O–H groups in total. The van der Waals surface area contributed by atoms with E-state index in [4.69, 9.17) is 4.74 Å². The minimum Gasteiger partial charge on any atom is -0.444 e. The van der Waals surface area contributed by atoms with Gasteiger partial charge in [0.2, 0.25) is 0 Å². The summed E-state index contributed by atoms with van der Waals surface area (Å²) in [5.74, 6) is -0.381. The molecule has 11 heteroatoms. The number of amides is 1. The van der Waals surface area contributed by atoms with Gasteiger partial charge in [-0.1, -0.05) is 5.16 Å². The van der Waals surface area contributed by atoms with Crippen LogP contribution in [0.4, 0.5) is 16.2 Å². The normalized spacial score (nSPS) is 16.9. The molecule has 1 saturated heterocycles. The molecule has 162 valence electrons. The highest BCUT2D eigenvalue weighted by Crippen LogP contribution is 2.34. The van der Waals surface area contributed by atoms with Crippen molar-refractivity contribution < 1.29 is 19.0 Å². The van der Waals surface area contributed by atoms with Crippen molar-refractivity contribution in [1.82, 2.24) is 15.5 Å². The van der Waals surface area contributed by atoms with E-state index in [1.54, 1.807) is 26.8 Å². The molecule has 2 heterocycles. The van der Waals surface area contributed by atoms with Crippen molar-refractivity contribution >= 4 is 17.5 Å². The Morgan fingerprint density at radius 1 is 1.47 bits per heavy atom. The Kier molecular flexibility index (Phi) is 6.09. The van der Waals surface area contributed by atoms with Crippen LogP contribution in [0.2, 0.25) is 0 Å². The summed E-state index contributed by atoms with van der Waals surface area (Å²) in [5, 5.41) is 18.0. The van der Waals surface area contributed by atoms with Crippen LogP contribution >= 0.6 is 0 Å². The number of H-pyrrole nitrogens is 1. The number of anilines is 1.